The number of aryl methyl sites for hydroxylation is 2. The minimum Gasteiger partial charge on any atom is -0.478 e. The molecule has 1 aliphatic rings. The topological polar surface area (TPSA) is 122 Å². The van der Waals surface area contributed by atoms with Gasteiger partial charge in [-0.3, -0.25) is 9.59 Å². The van der Waals surface area contributed by atoms with Crippen molar-refractivity contribution < 1.29 is 23.9 Å². The van der Waals surface area contributed by atoms with E-state index < -0.39 is 9.76 Å². The van der Waals surface area contributed by atoms with E-state index in [-0.39, 0.29) is 11.8 Å². The number of para-hydroxylation sites is 1. The number of pyridine rings is 1. The fraction of sp³-hybridized carbons (Fsp3) is 0.217. The lowest BCUT2D eigenvalue weighted by Gasteiger charge is -2.15. The number of nitrogens with one attached hydrogen (secondary N) is 2. The lowest BCUT2D eigenvalue weighted by Crippen LogP contribution is -2.20. The van der Waals surface area contributed by atoms with Crippen LogP contribution in [0.25, 0.3) is 17.0 Å². The van der Waals surface area contributed by atoms with E-state index in [2.05, 4.69) is 15.6 Å². The Bertz CT molecular complexity index is 1260. The zero-order chi connectivity index (χ0) is 24.9. The van der Waals surface area contributed by atoms with Crippen LogP contribution in [0.5, 0.6) is 0 Å². The maximum Gasteiger partial charge on any atom is 0.356 e. The highest BCUT2D eigenvalue weighted by atomic mass is 35.6. The molecule has 2 aromatic heterocycles. The SMILES string of the molecule is Cc1c(CNC(=O)C=Cc2cnc3c(c2)CCC(=O)N3)oc2ccccc12.O=C(O)C(Cl)(Cl)Cl. The van der Waals surface area contributed by atoms with Crippen molar-refractivity contribution in [2.45, 2.75) is 30.1 Å². The summed E-state index contributed by atoms with van der Waals surface area (Å²) in [5.74, 6) is -0.325. The van der Waals surface area contributed by atoms with Crippen LogP contribution in [0.2, 0.25) is 0 Å². The van der Waals surface area contributed by atoms with E-state index in [1.807, 2.05) is 37.3 Å². The minimum absolute atomic E-state index is 0.0152. The third-order valence-corrected chi connectivity index (χ3v) is 5.39. The maximum atomic E-state index is 12.1. The lowest BCUT2D eigenvalue weighted by atomic mass is 10.0. The van der Waals surface area contributed by atoms with Crippen LogP contribution in [0.1, 0.15) is 28.9 Å². The van der Waals surface area contributed by atoms with Crippen molar-refractivity contribution in [1.82, 2.24) is 10.3 Å². The van der Waals surface area contributed by atoms with E-state index in [1.54, 1.807) is 12.3 Å². The molecule has 0 fully saturated rings. The number of rotatable bonds is 4. The summed E-state index contributed by atoms with van der Waals surface area (Å²) >= 11 is 14.4. The maximum absolute atomic E-state index is 12.1. The van der Waals surface area contributed by atoms with Crippen LogP contribution < -0.4 is 10.6 Å². The molecule has 4 rings (SSSR count). The number of benzene rings is 1. The molecule has 34 heavy (non-hydrogen) atoms. The van der Waals surface area contributed by atoms with Gasteiger partial charge in [0.25, 0.3) is 3.79 Å². The van der Waals surface area contributed by atoms with Crippen molar-refractivity contribution >= 4 is 75.4 Å². The predicted molar refractivity (Wildman–Crippen MR) is 131 cm³/mol. The van der Waals surface area contributed by atoms with Gasteiger partial charge in [-0.05, 0) is 42.7 Å². The molecule has 1 aromatic carbocycles. The highest BCUT2D eigenvalue weighted by Crippen LogP contribution is 2.26. The zero-order valence-electron chi connectivity index (χ0n) is 17.9. The molecule has 0 atom stereocenters. The van der Waals surface area contributed by atoms with E-state index in [0.29, 0.717) is 25.2 Å². The molecule has 0 unspecified atom stereocenters. The van der Waals surface area contributed by atoms with E-state index in [1.165, 1.54) is 6.08 Å². The Balaban J connectivity index is 0.000000406. The summed E-state index contributed by atoms with van der Waals surface area (Å²) in [5, 5.41) is 14.5. The van der Waals surface area contributed by atoms with Crippen molar-refractivity contribution in [2.24, 2.45) is 0 Å². The largest absolute Gasteiger partial charge is 0.478 e. The third-order valence-electron chi connectivity index (χ3n) is 4.90. The second-order valence-corrected chi connectivity index (χ2v) is 9.61. The van der Waals surface area contributed by atoms with Gasteiger partial charge in [0.1, 0.15) is 17.2 Å². The fourth-order valence-electron chi connectivity index (χ4n) is 3.16. The van der Waals surface area contributed by atoms with Gasteiger partial charge in [0.05, 0.1) is 6.54 Å². The molecule has 1 aliphatic heterocycles. The monoisotopic (exact) mass is 523 g/mol. The number of aliphatic carboxylic acids is 1. The number of nitrogens with zero attached hydrogens (tertiary/aromatic N) is 1. The standard InChI is InChI=1S/C21H19N3O3.C2HCl3O2/c1-13-16-4-2-3-5-17(16)27-18(13)12-22-19(25)8-6-14-10-15-7-9-20(26)24-21(15)23-11-14;3-2(4,5)1(6)7/h2-6,8,10-11H,7,9,12H2,1H3,(H,22,25)(H,23,24,26);(H,6,7). The average Bonchev–Trinajstić information content (AvgIpc) is 3.11. The number of carbonyl (C=O) groups is 3. The van der Waals surface area contributed by atoms with Gasteiger partial charge in [0.2, 0.25) is 11.8 Å². The molecular weight excluding hydrogens is 505 g/mol. The first kappa shape index (κ1) is 25.6. The molecule has 3 heterocycles. The molecule has 178 valence electrons. The van der Waals surface area contributed by atoms with Gasteiger partial charge in [0.15, 0.2) is 0 Å². The molecule has 2 amide bonds. The van der Waals surface area contributed by atoms with Gasteiger partial charge in [-0.1, -0.05) is 53.0 Å². The molecule has 11 heteroatoms. The van der Waals surface area contributed by atoms with Gasteiger partial charge in [-0.15, -0.1) is 0 Å². The Hall–Kier alpha value is -3.07. The van der Waals surface area contributed by atoms with Gasteiger partial charge >= 0.3 is 5.97 Å². The molecule has 0 saturated heterocycles. The number of fused-ring (bicyclic) bond motifs is 2. The van der Waals surface area contributed by atoms with E-state index in [9.17, 15) is 14.4 Å². The summed E-state index contributed by atoms with van der Waals surface area (Å²) < 4.78 is 3.63. The minimum atomic E-state index is -2.17. The highest BCUT2D eigenvalue weighted by molar-refractivity contribution is 6.75. The molecule has 0 bridgehead atoms. The number of furan rings is 1. The first-order valence-corrected chi connectivity index (χ1v) is 11.2. The predicted octanol–water partition coefficient (Wildman–Crippen LogP) is 4.79. The Morgan fingerprint density at radius 3 is 2.65 bits per heavy atom. The van der Waals surface area contributed by atoms with Crippen molar-refractivity contribution in [3.63, 3.8) is 0 Å². The molecule has 0 saturated carbocycles. The number of halogens is 3. The normalized spacial score (nSPS) is 13.1. The lowest BCUT2D eigenvalue weighted by molar-refractivity contribution is -0.136. The highest BCUT2D eigenvalue weighted by Gasteiger charge is 2.29. The average molecular weight is 525 g/mol. The Kier molecular flexibility index (Phi) is 8.19. The Morgan fingerprint density at radius 2 is 1.97 bits per heavy atom. The summed E-state index contributed by atoms with van der Waals surface area (Å²) in [6.07, 6.45) is 5.94. The summed E-state index contributed by atoms with van der Waals surface area (Å²) in [5.41, 5.74) is 3.66. The molecule has 0 radical (unpaired) electrons. The smallest absolute Gasteiger partial charge is 0.356 e. The van der Waals surface area contributed by atoms with Crippen molar-refractivity contribution in [3.05, 3.63) is 65.1 Å². The van der Waals surface area contributed by atoms with Crippen LogP contribution in [-0.4, -0.2) is 31.7 Å². The molecule has 3 N–H and O–H groups in total. The number of hydrogen-bond donors (Lipinski definition) is 3. The number of hydrogen-bond acceptors (Lipinski definition) is 5. The number of alkyl halides is 3. The Labute approximate surface area is 209 Å². The number of carbonyl (C=O) groups excluding carboxylic acids is 2. The second kappa shape index (κ2) is 10.9. The number of anilines is 1. The van der Waals surface area contributed by atoms with E-state index >= 15 is 0 Å². The van der Waals surface area contributed by atoms with Gasteiger partial charge in [-0.2, -0.15) is 0 Å². The molecule has 8 nitrogen and oxygen atoms in total. The van der Waals surface area contributed by atoms with E-state index in [0.717, 1.165) is 33.4 Å². The summed E-state index contributed by atoms with van der Waals surface area (Å²) in [4.78, 5) is 37.4. The fourth-order valence-corrected chi connectivity index (χ4v) is 3.16. The van der Waals surface area contributed by atoms with Crippen LogP contribution in [0.3, 0.4) is 0 Å². The number of amides is 2. The summed E-state index contributed by atoms with van der Waals surface area (Å²) in [6, 6.07) is 9.75. The van der Waals surface area contributed by atoms with Gasteiger partial charge < -0.3 is 20.2 Å². The van der Waals surface area contributed by atoms with Crippen molar-refractivity contribution in [3.8, 4) is 0 Å². The summed E-state index contributed by atoms with van der Waals surface area (Å²) in [6.45, 7) is 2.32. The number of carboxylic acids is 1. The number of aromatic nitrogens is 1. The number of carboxylic acid groups (broad SMARTS) is 1. The summed E-state index contributed by atoms with van der Waals surface area (Å²) in [7, 11) is 0. The van der Waals surface area contributed by atoms with Gasteiger partial charge in [-0.25, -0.2) is 9.78 Å². The zero-order valence-corrected chi connectivity index (χ0v) is 20.2. The third kappa shape index (κ3) is 6.72. The van der Waals surface area contributed by atoms with Gasteiger partial charge in [0, 0.05) is 29.6 Å². The first-order chi connectivity index (χ1) is 16.0. The van der Waals surface area contributed by atoms with Crippen LogP contribution in [0, 0.1) is 6.92 Å². The van der Waals surface area contributed by atoms with E-state index in [4.69, 9.17) is 44.3 Å². The Morgan fingerprint density at radius 1 is 1.26 bits per heavy atom. The van der Waals surface area contributed by atoms with Crippen LogP contribution in [-0.2, 0) is 27.3 Å². The molecular formula is C23H20Cl3N3O5. The molecule has 0 aliphatic carbocycles. The quantitative estimate of drug-likeness (QED) is 0.333. The second-order valence-electron chi connectivity index (χ2n) is 7.33. The molecule has 3 aromatic rings. The molecule has 0 spiro atoms. The van der Waals surface area contributed by atoms with Crippen molar-refractivity contribution in [1.29, 1.82) is 0 Å². The van der Waals surface area contributed by atoms with Crippen molar-refractivity contribution in [2.75, 3.05) is 5.32 Å². The first-order valence-electron chi connectivity index (χ1n) is 10.1. The van der Waals surface area contributed by atoms with Crippen LogP contribution >= 0.6 is 34.8 Å². The van der Waals surface area contributed by atoms with Crippen LogP contribution in [0.4, 0.5) is 5.82 Å². The van der Waals surface area contributed by atoms with Crippen LogP contribution in [0.15, 0.2) is 47.0 Å².